The lowest BCUT2D eigenvalue weighted by Gasteiger charge is -2.03. The van der Waals surface area contributed by atoms with Crippen LogP contribution in [0.2, 0.25) is 5.02 Å². The molecule has 2 rings (SSSR count). The number of H-pyrrole nitrogens is 1. The highest BCUT2D eigenvalue weighted by Crippen LogP contribution is 2.22. The highest BCUT2D eigenvalue weighted by atomic mass is 35.5. The van der Waals surface area contributed by atoms with Crippen LogP contribution in [0.4, 0.5) is 4.39 Å². The second kappa shape index (κ2) is 4.46. The van der Waals surface area contributed by atoms with E-state index in [1.54, 1.807) is 0 Å². The molecule has 0 unspecified atom stereocenters. The van der Waals surface area contributed by atoms with Gasteiger partial charge in [-0.1, -0.05) is 11.6 Å². The Bertz CT molecular complexity index is 650. The molecule has 2 aromatic rings. The maximum absolute atomic E-state index is 13.2. The monoisotopic (exact) mass is 274 g/mol. The van der Waals surface area contributed by atoms with Crippen molar-refractivity contribution in [3.63, 3.8) is 0 Å². The number of imidazole rings is 1. The van der Waals surface area contributed by atoms with Crippen LogP contribution in [0.5, 0.6) is 0 Å². The summed E-state index contributed by atoms with van der Waals surface area (Å²) >= 11 is 10.7. The average molecular weight is 275 g/mol. The van der Waals surface area contributed by atoms with E-state index in [0.717, 1.165) is 0 Å². The van der Waals surface area contributed by atoms with Crippen LogP contribution in [0.15, 0.2) is 12.1 Å². The number of esters is 1. The van der Waals surface area contributed by atoms with Crippen LogP contribution in [-0.4, -0.2) is 22.6 Å². The topological polar surface area (TPSA) is 47.0 Å². The summed E-state index contributed by atoms with van der Waals surface area (Å²) in [6.45, 7) is -0.0444. The number of nitrogens with zero attached hydrogens (tertiary/aromatic N) is 1. The number of hydrogen-bond donors (Lipinski definition) is 1. The van der Waals surface area contributed by atoms with Gasteiger partial charge in [0.25, 0.3) is 0 Å². The number of carbonyl (C=O) groups excluding carboxylic acids is 1. The van der Waals surface area contributed by atoms with Gasteiger partial charge < -0.3 is 14.3 Å². The molecule has 0 aliphatic carbocycles. The third kappa shape index (κ3) is 2.18. The Balaban J connectivity index is 2.62. The fourth-order valence-electron chi connectivity index (χ4n) is 1.50. The molecule has 0 bridgehead atoms. The summed E-state index contributed by atoms with van der Waals surface area (Å²) in [5.41, 5.74) is 1.05. The second-order valence-electron chi connectivity index (χ2n) is 3.38. The van der Waals surface area contributed by atoms with E-state index >= 15 is 0 Å². The van der Waals surface area contributed by atoms with Crippen molar-refractivity contribution in [2.45, 2.75) is 6.54 Å². The number of benzene rings is 1. The van der Waals surface area contributed by atoms with Crippen molar-refractivity contribution in [1.82, 2.24) is 9.55 Å². The van der Waals surface area contributed by atoms with E-state index in [9.17, 15) is 9.18 Å². The molecule has 0 fully saturated rings. The highest BCUT2D eigenvalue weighted by Gasteiger charge is 2.11. The fourth-order valence-corrected chi connectivity index (χ4v) is 1.93. The Labute approximate surface area is 106 Å². The number of rotatable bonds is 2. The normalized spacial score (nSPS) is 10.8. The molecule has 0 radical (unpaired) electrons. The van der Waals surface area contributed by atoms with Crippen LogP contribution in [-0.2, 0) is 16.1 Å². The molecule has 1 aromatic carbocycles. The molecule has 7 heteroatoms. The standard InChI is InChI=1S/C10H8ClFN2O2S/c1-16-9(15)4-14-8-2-5(11)6(12)3-7(8)13-10(14)17/h2-3H,4H2,1H3,(H,13,17). The van der Waals surface area contributed by atoms with Gasteiger partial charge in [0.05, 0.1) is 23.2 Å². The Morgan fingerprint density at radius 2 is 2.35 bits per heavy atom. The van der Waals surface area contributed by atoms with Crippen molar-refractivity contribution in [2.75, 3.05) is 7.11 Å². The van der Waals surface area contributed by atoms with Gasteiger partial charge in [0.2, 0.25) is 0 Å². The van der Waals surface area contributed by atoms with Gasteiger partial charge in [0.1, 0.15) is 12.4 Å². The third-order valence-corrected chi connectivity index (χ3v) is 2.94. The van der Waals surface area contributed by atoms with E-state index in [1.165, 1.54) is 23.8 Å². The van der Waals surface area contributed by atoms with Gasteiger partial charge in [-0.15, -0.1) is 0 Å². The van der Waals surface area contributed by atoms with Gasteiger partial charge in [0, 0.05) is 6.07 Å². The quantitative estimate of drug-likeness (QED) is 0.676. The van der Waals surface area contributed by atoms with Crippen molar-refractivity contribution in [1.29, 1.82) is 0 Å². The molecule has 17 heavy (non-hydrogen) atoms. The lowest BCUT2D eigenvalue weighted by atomic mass is 10.3. The molecule has 1 heterocycles. The molecule has 0 saturated carbocycles. The third-order valence-electron chi connectivity index (χ3n) is 2.33. The zero-order chi connectivity index (χ0) is 12.6. The molecule has 0 saturated heterocycles. The summed E-state index contributed by atoms with van der Waals surface area (Å²) in [7, 11) is 1.29. The zero-order valence-electron chi connectivity index (χ0n) is 8.79. The summed E-state index contributed by atoms with van der Waals surface area (Å²) < 4.78 is 19.6. The van der Waals surface area contributed by atoms with Gasteiger partial charge in [-0.05, 0) is 18.3 Å². The van der Waals surface area contributed by atoms with Gasteiger partial charge in [-0.2, -0.15) is 0 Å². The molecule has 90 valence electrons. The van der Waals surface area contributed by atoms with Crippen molar-refractivity contribution < 1.29 is 13.9 Å². The summed E-state index contributed by atoms with van der Waals surface area (Å²) in [6.07, 6.45) is 0. The van der Waals surface area contributed by atoms with E-state index in [1.807, 2.05) is 0 Å². The largest absolute Gasteiger partial charge is 0.468 e. The van der Waals surface area contributed by atoms with E-state index in [-0.39, 0.29) is 11.6 Å². The number of ether oxygens (including phenoxy) is 1. The second-order valence-corrected chi connectivity index (χ2v) is 4.17. The Morgan fingerprint density at radius 3 is 3.00 bits per heavy atom. The minimum Gasteiger partial charge on any atom is -0.468 e. The first kappa shape index (κ1) is 12.1. The number of halogens is 2. The maximum Gasteiger partial charge on any atom is 0.325 e. The Hall–Kier alpha value is -1.40. The zero-order valence-corrected chi connectivity index (χ0v) is 10.4. The number of methoxy groups -OCH3 is 1. The average Bonchev–Trinajstić information content (AvgIpc) is 2.56. The van der Waals surface area contributed by atoms with E-state index in [4.69, 9.17) is 23.8 Å². The van der Waals surface area contributed by atoms with Gasteiger partial charge in [-0.25, -0.2) is 4.39 Å². The van der Waals surface area contributed by atoms with Crippen molar-refractivity contribution in [3.05, 3.63) is 27.7 Å². The lowest BCUT2D eigenvalue weighted by molar-refractivity contribution is -0.141. The molecular weight excluding hydrogens is 267 g/mol. The van der Waals surface area contributed by atoms with Gasteiger partial charge in [0.15, 0.2) is 4.77 Å². The first-order valence-corrected chi connectivity index (χ1v) is 5.46. The fraction of sp³-hybridized carbons (Fsp3) is 0.200. The number of nitrogens with one attached hydrogen (secondary N) is 1. The van der Waals surface area contributed by atoms with Gasteiger partial charge >= 0.3 is 5.97 Å². The van der Waals surface area contributed by atoms with Crippen molar-refractivity contribution >= 4 is 40.8 Å². The maximum atomic E-state index is 13.2. The number of carbonyl (C=O) groups is 1. The number of aromatic nitrogens is 2. The summed E-state index contributed by atoms with van der Waals surface area (Å²) in [5, 5.41) is -0.0230. The first-order valence-electron chi connectivity index (χ1n) is 4.67. The molecule has 0 atom stereocenters. The predicted molar refractivity (Wildman–Crippen MR) is 64.1 cm³/mol. The Morgan fingerprint density at radius 1 is 1.65 bits per heavy atom. The molecule has 0 aliphatic rings. The van der Waals surface area contributed by atoms with E-state index in [0.29, 0.717) is 15.8 Å². The first-order chi connectivity index (χ1) is 8.02. The lowest BCUT2D eigenvalue weighted by Crippen LogP contribution is -2.11. The van der Waals surface area contributed by atoms with Crippen LogP contribution in [0, 0.1) is 10.6 Å². The van der Waals surface area contributed by atoms with Crippen LogP contribution in [0.3, 0.4) is 0 Å². The smallest absolute Gasteiger partial charge is 0.325 e. The Kier molecular flexibility index (Phi) is 3.17. The summed E-state index contributed by atoms with van der Waals surface area (Å²) in [4.78, 5) is 14.0. The molecule has 0 spiro atoms. The predicted octanol–water partition coefficient (Wildman–Crippen LogP) is 2.66. The number of aromatic amines is 1. The SMILES string of the molecule is COC(=O)Cn1c(=S)[nH]c2cc(F)c(Cl)cc21. The van der Waals surface area contributed by atoms with E-state index in [2.05, 4.69) is 9.72 Å². The van der Waals surface area contributed by atoms with E-state index < -0.39 is 11.8 Å². The summed E-state index contributed by atoms with van der Waals surface area (Å²) in [6, 6.07) is 2.66. The van der Waals surface area contributed by atoms with Crippen LogP contribution < -0.4 is 0 Å². The molecule has 4 nitrogen and oxygen atoms in total. The molecule has 0 amide bonds. The van der Waals surface area contributed by atoms with Crippen LogP contribution in [0.25, 0.3) is 11.0 Å². The summed E-state index contributed by atoms with van der Waals surface area (Å²) in [5.74, 6) is -0.983. The van der Waals surface area contributed by atoms with Crippen LogP contribution in [0.1, 0.15) is 0 Å². The van der Waals surface area contributed by atoms with Crippen LogP contribution >= 0.6 is 23.8 Å². The minimum atomic E-state index is -0.541. The molecular formula is C10H8ClFN2O2S. The number of fused-ring (bicyclic) bond motifs is 1. The molecule has 1 aromatic heterocycles. The minimum absolute atomic E-state index is 0.0230. The highest BCUT2D eigenvalue weighted by molar-refractivity contribution is 7.71. The van der Waals surface area contributed by atoms with Gasteiger partial charge in [-0.3, -0.25) is 4.79 Å². The van der Waals surface area contributed by atoms with Crippen molar-refractivity contribution in [3.8, 4) is 0 Å². The molecule has 0 aliphatic heterocycles. The van der Waals surface area contributed by atoms with Crippen molar-refractivity contribution in [2.24, 2.45) is 0 Å². The molecule has 1 N–H and O–H groups in total. The number of hydrogen-bond acceptors (Lipinski definition) is 3.